The molecule has 0 radical (unpaired) electrons. The van der Waals surface area contributed by atoms with Gasteiger partial charge in [0.25, 0.3) is 0 Å². The Morgan fingerprint density at radius 3 is 2.60 bits per heavy atom. The van der Waals surface area contributed by atoms with E-state index in [4.69, 9.17) is 17.0 Å². The van der Waals surface area contributed by atoms with Crippen molar-refractivity contribution in [2.45, 2.75) is 26.2 Å². The Hall–Kier alpha value is 0.423. The Balaban J connectivity index is 0.000000337. The van der Waals surface area contributed by atoms with Crippen LogP contribution in [0.25, 0.3) is 6.08 Å². The Kier molecular flexibility index (Phi) is 6.19. The van der Waals surface area contributed by atoms with Crippen molar-refractivity contribution in [1.82, 2.24) is 0 Å². The van der Waals surface area contributed by atoms with Gasteiger partial charge in [-0.05, 0) is 24.5 Å². The molecule has 15 heavy (non-hydrogen) atoms. The molecule has 0 nitrogen and oxygen atoms in total. The van der Waals surface area contributed by atoms with Crippen LogP contribution in [-0.2, 0) is 20.8 Å². The average molecular weight is 320 g/mol. The van der Waals surface area contributed by atoms with Crippen LogP contribution in [-0.4, -0.2) is 0 Å². The Morgan fingerprint density at radius 2 is 2.00 bits per heavy atom. The van der Waals surface area contributed by atoms with Crippen molar-refractivity contribution in [3.05, 3.63) is 41.0 Å². The zero-order valence-electron chi connectivity index (χ0n) is 8.93. The molecule has 1 aliphatic rings. The van der Waals surface area contributed by atoms with E-state index in [1.165, 1.54) is 23.1 Å². The second-order valence-electron chi connectivity index (χ2n) is 3.58. The van der Waals surface area contributed by atoms with Crippen molar-refractivity contribution in [2.24, 2.45) is 0 Å². The van der Waals surface area contributed by atoms with Gasteiger partial charge in [-0.1, -0.05) is 42.8 Å². The molecule has 2 rings (SSSR count). The van der Waals surface area contributed by atoms with E-state index in [-0.39, 0.29) is 0 Å². The molecule has 1 aromatic carbocycles. The van der Waals surface area contributed by atoms with E-state index in [9.17, 15) is 0 Å². The van der Waals surface area contributed by atoms with Gasteiger partial charge in [-0.2, -0.15) is 0 Å². The summed E-state index contributed by atoms with van der Waals surface area (Å²) in [4.78, 5) is 0. The molecule has 0 saturated heterocycles. The van der Waals surface area contributed by atoms with Gasteiger partial charge in [-0.15, -0.1) is 0 Å². The molecule has 1 aliphatic carbocycles. The fraction of sp³-hybridized carbons (Fsp3) is 0.333. The number of hydrogen-bond donors (Lipinski definition) is 0. The van der Waals surface area contributed by atoms with Gasteiger partial charge in [0.1, 0.15) is 0 Å². The quantitative estimate of drug-likeness (QED) is 0.691. The van der Waals surface area contributed by atoms with Gasteiger partial charge in [-0.3, -0.25) is 0 Å². The van der Waals surface area contributed by atoms with Gasteiger partial charge in [-0.25, -0.2) is 0 Å². The number of aryl methyl sites for hydroxylation is 1. The molecule has 0 bridgehead atoms. The Labute approximate surface area is 110 Å². The first-order valence-corrected chi connectivity index (χ1v) is 11.3. The molecule has 0 heterocycles. The summed E-state index contributed by atoms with van der Waals surface area (Å²) >= 11 is -0.826. The summed E-state index contributed by atoms with van der Waals surface area (Å²) in [6, 6.07) is 6.73. The molecule has 0 N–H and O–H groups in total. The molecular weight excluding hydrogens is 306 g/mol. The predicted molar refractivity (Wildman–Crippen MR) is 65.0 cm³/mol. The van der Waals surface area contributed by atoms with Gasteiger partial charge >= 0.3 is 37.9 Å². The second-order valence-corrected chi connectivity index (χ2v) is 7.31. The molecule has 0 fully saturated rings. The number of halogens is 2. The fourth-order valence-corrected chi connectivity index (χ4v) is 1.86. The SMILES string of the molecule is CCC1C=Cc2cc(C)ccc21.[Cl][Zr][Cl]. The Morgan fingerprint density at radius 1 is 1.33 bits per heavy atom. The fourth-order valence-electron chi connectivity index (χ4n) is 1.86. The number of benzene rings is 1. The molecule has 0 saturated carbocycles. The summed E-state index contributed by atoms with van der Waals surface area (Å²) in [5, 5.41) is 0. The number of allylic oxidation sites excluding steroid dienone is 1. The van der Waals surface area contributed by atoms with Crippen molar-refractivity contribution in [3.8, 4) is 0 Å². The van der Waals surface area contributed by atoms with Crippen LogP contribution in [0.2, 0.25) is 0 Å². The molecule has 80 valence electrons. The summed E-state index contributed by atoms with van der Waals surface area (Å²) in [5.41, 5.74) is 4.28. The summed E-state index contributed by atoms with van der Waals surface area (Å²) in [6.07, 6.45) is 5.77. The molecule has 1 unspecified atom stereocenters. The maximum atomic E-state index is 4.93. The first-order valence-electron chi connectivity index (χ1n) is 4.98. The van der Waals surface area contributed by atoms with Gasteiger partial charge in [0, 0.05) is 5.92 Å². The minimum absolute atomic E-state index is 0.667. The van der Waals surface area contributed by atoms with Gasteiger partial charge in [0.05, 0.1) is 0 Å². The Bertz CT molecular complexity index is 347. The molecule has 0 spiro atoms. The third-order valence-corrected chi connectivity index (χ3v) is 2.59. The van der Waals surface area contributed by atoms with Crippen LogP contribution in [0.15, 0.2) is 24.3 Å². The van der Waals surface area contributed by atoms with Crippen molar-refractivity contribution in [2.75, 3.05) is 0 Å². The van der Waals surface area contributed by atoms with Crippen LogP contribution < -0.4 is 0 Å². The molecule has 1 aromatic rings. The van der Waals surface area contributed by atoms with Crippen molar-refractivity contribution in [1.29, 1.82) is 0 Å². The van der Waals surface area contributed by atoms with Crippen molar-refractivity contribution < 1.29 is 20.8 Å². The van der Waals surface area contributed by atoms with Crippen LogP contribution in [0.5, 0.6) is 0 Å². The van der Waals surface area contributed by atoms with Crippen LogP contribution in [0.1, 0.15) is 36.0 Å². The molecule has 0 aliphatic heterocycles. The van der Waals surface area contributed by atoms with Crippen molar-refractivity contribution in [3.63, 3.8) is 0 Å². The van der Waals surface area contributed by atoms with Gasteiger partial charge in [0.2, 0.25) is 0 Å². The van der Waals surface area contributed by atoms with Gasteiger partial charge in [0.15, 0.2) is 0 Å². The van der Waals surface area contributed by atoms with E-state index in [0.717, 1.165) is 0 Å². The summed E-state index contributed by atoms with van der Waals surface area (Å²) in [6.45, 7) is 4.39. The minimum atomic E-state index is -0.826. The second kappa shape index (κ2) is 6.89. The summed E-state index contributed by atoms with van der Waals surface area (Å²) in [7, 11) is 9.87. The van der Waals surface area contributed by atoms with Crippen LogP contribution in [0.4, 0.5) is 0 Å². The normalized spacial score (nSPS) is 16.7. The predicted octanol–water partition coefficient (Wildman–Crippen LogP) is 4.89. The summed E-state index contributed by atoms with van der Waals surface area (Å²) < 4.78 is 0. The van der Waals surface area contributed by atoms with E-state index in [0.29, 0.717) is 5.92 Å². The first-order chi connectivity index (χ1) is 7.22. The number of fused-ring (bicyclic) bond motifs is 1. The van der Waals surface area contributed by atoms with E-state index >= 15 is 0 Å². The van der Waals surface area contributed by atoms with E-state index < -0.39 is 20.8 Å². The molecule has 1 atom stereocenters. The van der Waals surface area contributed by atoms with E-state index in [2.05, 4.69) is 44.2 Å². The van der Waals surface area contributed by atoms with E-state index in [1.54, 1.807) is 0 Å². The molecule has 0 aromatic heterocycles. The molecule has 3 heteroatoms. The van der Waals surface area contributed by atoms with Crippen LogP contribution in [0, 0.1) is 6.92 Å². The number of hydrogen-bond acceptors (Lipinski definition) is 0. The standard InChI is InChI=1S/C12H14.2ClH.Zr/c1-3-10-5-6-11-8-9(2)4-7-12(10)11;;;/h4-8,10H,3H2,1-2H3;2*1H;/q;;;+2/p-2. The zero-order valence-corrected chi connectivity index (χ0v) is 12.9. The summed E-state index contributed by atoms with van der Waals surface area (Å²) in [5.74, 6) is 0.667. The monoisotopic (exact) mass is 318 g/mol. The zero-order chi connectivity index (χ0) is 11.3. The van der Waals surface area contributed by atoms with Gasteiger partial charge < -0.3 is 0 Å². The number of rotatable bonds is 1. The topological polar surface area (TPSA) is 0 Å². The van der Waals surface area contributed by atoms with E-state index in [1.807, 2.05) is 0 Å². The molecular formula is C12H14Cl2Zr. The van der Waals surface area contributed by atoms with Crippen LogP contribution >= 0.6 is 17.0 Å². The maximum absolute atomic E-state index is 4.93. The third-order valence-electron chi connectivity index (χ3n) is 2.59. The first kappa shape index (κ1) is 13.5. The molecule has 0 amide bonds. The third kappa shape index (κ3) is 3.73. The van der Waals surface area contributed by atoms with Crippen LogP contribution in [0.3, 0.4) is 0 Å². The average Bonchev–Trinajstić information content (AvgIpc) is 2.61. The van der Waals surface area contributed by atoms with Crippen molar-refractivity contribution >= 4 is 23.1 Å².